The molecule has 106 valence electrons. The molecule has 0 nitrogen and oxygen atoms in total. The fraction of sp³-hybridized carbons (Fsp3) is 0.429. The number of rotatable bonds is 2. The van der Waals surface area contributed by atoms with Crippen molar-refractivity contribution >= 4 is 38.8 Å². The van der Waals surface area contributed by atoms with Crippen LogP contribution in [0.3, 0.4) is 0 Å². The van der Waals surface area contributed by atoms with Crippen molar-refractivity contribution < 1.29 is 8.46 Å². The second-order valence-corrected chi connectivity index (χ2v) is 34.4. The fourth-order valence-corrected chi connectivity index (χ4v) is 17.2. The molecule has 5 heteroatoms. The zero-order valence-electron chi connectivity index (χ0n) is 10.1. The van der Waals surface area contributed by atoms with Crippen LogP contribution in [-0.2, 0) is 8.46 Å². The monoisotopic (exact) mass is 424 g/mol. The van der Waals surface area contributed by atoms with Gasteiger partial charge in [-0.05, 0) is 0 Å². The Hall–Kier alpha value is 0.743. The molecule has 4 aliphatic rings. The molecule has 4 bridgehead atoms. The summed E-state index contributed by atoms with van der Waals surface area (Å²) in [5.41, 5.74) is 0. The molecule has 0 saturated carbocycles. The van der Waals surface area contributed by atoms with Gasteiger partial charge in [0.25, 0.3) is 0 Å². The summed E-state index contributed by atoms with van der Waals surface area (Å²) in [6.07, 6.45) is 18.3. The molecule has 0 N–H and O–H groups in total. The summed E-state index contributed by atoms with van der Waals surface area (Å²) in [5.74, 6) is 0.738. The van der Waals surface area contributed by atoms with Gasteiger partial charge in [-0.1, -0.05) is 0 Å². The average molecular weight is 425 g/mol. The molecule has 4 rings (SSSR count). The van der Waals surface area contributed by atoms with Crippen molar-refractivity contribution in [2.24, 2.45) is 11.8 Å². The van der Waals surface area contributed by atoms with Crippen LogP contribution < -0.4 is 0 Å². The molecule has 0 aliphatic heterocycles. The predicted molar refractivity (Wildman–Crippen MR) is 81.6 cm³/mol. The Morgan fingerprint density at radius 3 is 1.21 bits per heavy atom. The Labute approximate surface area is 128 Å². The van der Waals surface area contributed by atoms with Crippen LogP contribution in [0.1, 0.15) is 12.8 Å². The first kappa shape index (κ1) is 13.4. The summed E-state index contributed by atoms with van der Waals surface area (Å²) in [7, 11) is 23.1. The second kappa shape index (κ2) is 3.08. The number of allylic oxidation sites excluding steroid dienone is 8. The molecular weight excluding hydrogens is 411 g/mol. The van der Waals surface area contributed by atoms with E-state index >= 15 is 0 Å². The zero-order chi connectivity index (χ0) is 13.6. The molecule has 0 fully saturated rings. The van der Waals surface area contributed by atoms with E-state index in [0.717, 1.165) is 12.8 Å². The number of hydrogen-bond acceptors (Lipinski definition) is 0. The van der Waals surface area contributed by atoms with E-state index in [1.807, 2.05) is 0 Å². The van der Waals surface area contributed by atoms with Crippen molar-refractivity contribution in [3.63, 3.8) is 0 Å². The second-order valence-electron chi connectivity index (χ2n) is 5.91. The van der Waals surface area contributed by atoms with Crippen molar-refractivity contribution in [3.8, 4) is 0 Å². The molecule has 0 atom stereocenters. The van der Waals surface area contributed by atoms with Gasteiger partial charge in [0.15, 0.2) is 0 Å². The first-order chi connectivity index (χ1) is 8.61. The number of hydrogen-bond donors (Lipinski definition) is 0. The normalized spacial score (nSPS) is 49.1. The predicted octanol–water partition coefficient (Wildman–Crippen LogP) is 6.44. The zero-order valence-corrected chi connectivity index (χ0v) is 14.8. The van der Waals surface area contributed by atoms with Gasteiger partial charge >= 0.3 is 129 Å². The van der Waals surface area contributed by atoms with Crippen molar-refractivity contribution in [1.82, 2.24) is 0 Å². The van der Waals surface area contributed by atoms with Crippen LogP contribution in [-0.4, -0.2) is 0 Å². The maximum atomic E-state index is 7.09. The van der Waals surface area contributed by atoms with Crippen LogP contribution in [0.2, 0.25) is 8.02 Å². The molecule has 0 amide bonds. The molecule has 0 saturated heterocycles. The van der Waals surface area contributed by atoms with E-state index in [1.165, 1.54) is 0 Å². The van der Waals surface area contributed by atoms with Crippen molar-refractivity contribution in [2.75, 3.05) is 0 Å². The van der Waals surface area contributed by atoms with Crippen LogP contribution in [0.5, 0.6) is 0 Å². The van der Waals surface area contributed by atoms with E-state index in [1.54, 1.807) is 0 Å². The molecule has 4 aliphatic carbocycles. The van der Waals surface area contributed by atoms with Gasteiger partial charge in [-0.25, -0.2) is 0 Å². The fourth-order valence-electron chi connectivity index (χ4n) is 3.69. The van der Waals surface area contributed by atoms with E-state index in [-0.39, 0.29) is 0 Å². The molecule has 0 aromatic heterocycles. The number of halogens is 4. The first-order valence-corrected chi connectivity index (χ1v) is 16.9. The third-order valence-corrected chi connectivity index (χ3v) is 25.0. The van der Waals surface area contributed by atoms with Gasteiger partial charge in [0, 0.05) is 0 Å². The van der Waals surface area contributed by atoms with Crippen molar-refractivity contribution in [3.05, 3.63) is 48.6 Å². The molecule has 0 unspecified atom stereocenters. The summed E-state index contributed by atoms with van der Waals surface area (Å²) >= 11 is 0. The van der Waals surface area contributed by atoms with Gasteiger partial charge in [0.1, 0.15) is 0 Å². The Balaban J connectivity index is 2.01. The van der Waals surface area contributed by atoms with Crippen LogP contribution in [0.4, 0.5) is 0 Å². The molecule has 0 radical (unpaired) electrons. The quantitative estimate of drug-likeness (QED) is 0.353. The van der Waals surface area contributed by atoms with Crippen LogP contribution in [0, 0.1) is 11.8 Å². The summed E-state index contributed by atoms with van der Waals surface area (Å²) in [6.45, 7) is 0. The van der Waals surface area contributed by atoms with E-state index in [2.05, 4.69) is 48.6 Å². The van der Waals surface area contributed by atoms with E-state index in [0.29, 0.717) is 11.8 Å². The minimum absolute atomic E-state index is 0.369. The Morgan fingerprint density at radius 2 is 1.00 bits per heavy atom. The topological polar surface area (TPSA) is 0 Å². The van der Waals surface area contributed by atoms with Gasteiger partial charge in [0.2, 0.25) is 0 Å². The van der Waals surface area contributed by atoms with Crippen molar-refractivity contribution in [2.45, 2.75) is 20.9 Å². The van der Waals surface area contributed by atoms with Gasteiger partial charge in [-0.3, -0.25) is 0 Å². The van der Waals surface area contributed by atoms with E-state index in [9.17, 15) is 0 Å². The summed E-state index contributed by atoms with van der Waals surface area (Å²) in [5, 5.41) is 0. The standard InChI is InChI=1S/2C7H7.4ClH.Ru/c2*1-2-7-4-3-6(1)5-7;;;;;/h2*1-4,6H,5H2;4*1H;/q;;;;;;+4/p-4. The molecule has 0 aromatic rings. The van der Waals surface area contributed by atoms with Gasteiger partial charge < -0.3 is 0 Å². The van der Waals surface area contributed by atoms with Crippen molar-refractivity contribution in [1.29, 1.82) is 0 Å². The number of fused-ring (bicyclic) bond motifs is 4. The van der Waals surface area contributed by atoms with Gasteiger partial charge in [-0.2, -0.15) is 0 Å². The Kier molecular flexibility index (Phi) is 2.18. The van der Waals surface area contributed by atoms with E-state index in [4.69, 9.17) is 38.8 Å². The third kappa shape index (κ3) is 1.25. The van der Waals surface area contributed by atoms with Gasteiger partial charge in [-0.15, -0.1) is 0 Å². The third-order valence-electron chi connectivity index (χ3n) is 4.88. The molecule has 0 spiro atoms. The summed E-state index contributed by atoms with van der Waals surface area (Å²) < 4.78 is -1.18. The van der Waals surface area contributed by atoms with E-state index < -0.39 is 16.5 Å². The molecule has 19 heavy (non-hydrogen) atoms. The van der Waals surface area contributed by atoms with Gasteiger partial charge in [0.05, 0.1) is 0 Å². The van der Waals surface area contributed by atoms with Crippen LogP contribution in [0.15, 0.2) is 48.6 Å². The van der Waals surface area contributed by atoms with Crippen LogP contribution >= 0.6 is 38.8 Å². The van der Waals surface area contributed by atoms with Crippen LogP contribution in [0.25, 0.3) is 0 Å². The average Bonchev–Trinajstić information content (AvgIpc) is 3.08. The molecule has 0 heterocycles. The maximum absolute atomic E-state index is 7.09. The Bertz CT molecular complexity index is 528. The molecule has 0 aromatic carbocycles. The summed E-state index contributed by atoms with van der Waals surface area (Å²) in [4.78, 5) is 0. The summed E-state index contributed by atoms with van der Waals surface area (Å²) in [6, 6.07) is 0. The Morgan fingerprint density at radius 1 is 0.684 bits per heavy atom. The minimum atomic E-state index is -5.28. The molecular formula is C14H14Cl4Ru. The SMILES string of the molecule is [Cl][Ru]([Cl])([Cl])([Cl])([C]12C=CC(C=C1)C2)[C]12C=CC(C=C1)C2. The first-order valence-electron chi connectivity index (χ1n) is 6.23.